The van der Waals surface area contributed by atoms with Crippen LogP contribution >= 0.6 is 0 Å². The van der Waals surface area contributed by atoms with E-state index in [2.05, 4.69) is 27.7 Å². The Hall–Kier alpha value is -1.14. The lowest BCUT2D eigenvalue weighted by Gasteiger charge is -2.62. The van der Waals surface area contributed by atoms with Crippen LogP contribution in [0.5, 0.6) is 0 Å². The average molecular weight is 517 g/mol. The van der Waals surface area contributed by atoms with Crippen molar-refractivity contribution < 1.29 is 28.5 Å². The third kappa shape index (κ3) is 3.85. The number of rotatable bonds is 2. The van der Waals surface area contributed by atoms with Crippen LogP contribution in [0.3, 0.4) is 0 Å². The molecule has 2 heterocycles. The van der Waals surface area contributed by atoms with Crippen molar-refractivity contribution in [3.05, 3.63) is 0 Å². The minimum Gasteiger partial charge on any atom is -0.463 e. The molecule has 6 heteroatoms. The number of hydrogen-bond acceptors (Lipinski definition) is 6. The lowest BCUT2D eigenvalue weighted by Crippen LogP contribution is -2.60. The first-order chi connectivity index (χ1) is 17.5. The highest BCUT2D eigenvalue weighted by molar-refractivity contribution is 5.66. The topological polar surface area (TPSA) is 71.1 Å². The van der Waals surface area contributed by atoms with Crippen molar-refractivity contribution in [2.24, 2.45) is 52.3 Å². The molecule has 6 rings (SSSR count). The zero-order valence-corrected chi connectivity index (χ0v) is 23.8. The van der Waals surface area contributed by atoms with Crippen molar-refractivity contribution in [3.8, 4) is 0 Å². The number of fused-ring (bicyclic) bond motifs is 7. The summed E-state index contributed by atoms with van der Waals surface area (Å²) in [5.74, 6) is 2.66. The molecule has 13 atom stereocenters. The van der Waals surface area contributed by atoms with Crippen molar-refractivity contribution in [1.29, 1.82) is 0 Å². The van der Waals surface area contributed by atoms with Crippen LogP contribution in [-0.4, -0.2) is 42.6 Å². The maximum absolute atomic E-state index is 12.5. The van der Waals surface area contributed by atoms with E-state index in [0.717, 1.165) is 51.6 Å². The standard InChI is InChI=1S/C31H48O6/c1-17-9-12-31(34-16-17)18(2)28-26(37-31)14-25-23-8-7-21-13-22(35-19(3)32)10-11-29(21,5)24(23)15-27(30(25,28)6)36-20(4)33/h17-18,21-28H,7-16H2,1-6H3/t17?,18-,21+,22+,23?,24?,25?,26?,27-,28?,29-,30+,31?/m0/s1. The summed E-state index contributed by atoms with van der Waals surface area (Å²) in [5, 5.41) is 0. The Morgan fingerprint density at radius 2 is 1.62 bits per heavy atom. The summed E-state index contributed by atoms with van der Waals surface area (Å²) in [6, 6.07) is 0. The van der Waals surface area contributed by atoms with E-state index in [1.807, 2.05) is 0 Å². The Kier molecular flexibility index (Phi) is 6.31. The van der Waals surface area contributed by atoms with Gasteiger partial charge in [0.25, 0.3) is 0 Å². The molecule has 0 N–H and O–H groups in total. The highest BCUT2D eigenvalue weighted by atomic mass is 16.7. The molecule has 0 aromatic rings. The molecule has 37 heavy (non-hydrogen) atoms. The van der Waals surface area contributed by atoms with Gasteiger partial charge in [-0.25, -0.2) is 0 Å². The highest BCUT2D eigenvalue weighted by Crippen LogP contribution is 2.71. The summed E-state index contributed by atoms with van der Waals surface area (Å²) in [5.41, 5.74) is 0.109. The van der Waals surface area contributed by atoms with Gasteiger partial charge in [0.15, 0.2) is 5.79 Å². The van der Waals surface area contributed by atoms with Gasteiger partial charge in [-0.2, -0.15) is 0 Å². The van der Waals surface area contributed by atoms with E-state index in [9.17, 15) is 9.59 Å². The largest absolute Gasteiger partial charge is 0.463 e. The first-order valence-electron chi connectivity index (χ1n) is 15.1. The van der Waals surface area contributed by atoms with Gasteiger partial charge in [0.1, 0.15) is 12.2 Å². The molecule has 0 radical (unpaired) electrons. The van der Waals surface area contributed by atoms with Crippen molar-refractivity contribution in [2.45, 2.75) is 123 Å². The fraction of sp³-hybridized carbons (Fsp3) is 0.935. The molecule has 0 aromatic heterocycles. The van der Waals surface area contributed by atoms with Gasteiger partial charge in [0.05, 0.1) is 12.7 Å². The predicted molar refractivity (Wildman–Crippen MR) is 138 cm³/mol. The van der Waals surface area contributed by atoms with Crippen LogP contribution in [0, 0.1) is 52.3 Å². The third-order valence-corrected chi connectivity index (χ3v) is 12.6. The molecule has 208 valence electrons. The van der Waals surface area contributed by atoms with E-state index in [1.165, 1.54) is 19.8 Å². The number of ether oxygens (including phenoxy) is 4. The van der Waals surface area contributed by atoms with Gasteiger partial charge in [-0.1, -0.05) is 27.7 Å². The van der Waals surface area contributed by atoms with Crippen molar-refractivity contribution >= 4 is 11.9 Å². The van der Waals surface area contributed by atoms with Crippen LogP contribution in [0.15, 0.2) is 0 Å². The Morgan fingerprint density at radius 3 is 2.30 bits per heavy atom. The summed E-state index contributed by atoms with van der Waals surface area (Å²) in [7, 11) is 0. The molecule has 4 saturated carbocycles. The van der Waals surface area contributed by atoms with Crippen molar-refractivity contribution in [1.82, 2.24) is 0 Å². The third-order valence-electron chi connectivity index (χ3n) is 12.6. The summed E-state index contributed by atoms with van der Waals surface area (Å²) >= 11 is 0. The molecule has 6 aliphatic rings. The second-order valence-electron chi connectivity index (χ2n) is 14.3. The van der Waals surface area contributed by atoms with Crippen LogP contribution in [0.2, 0.25) is 0 Å². The van der Waals surface area contributed by atoms with Crippen LogP contribution in [0.1, 0.15) is 99.3 Å². The molecule has 1 spiro atoms. The van der Waals surface area contributed by atoms with E-state index < -0.39 is 5.79 Å². The average Bonchev–Trinajstić information content (AvgIpc) is 3.27. The Bertz CT molecular complexity index is 925. The van der Waals surface area contributed by atoms with Crippen LogP contribution in [-0.2, 0) is 28.5 Å². The van der Waals surface area contributed by atoms with E-state index in [4.69, 9.17) is 18.9 Å². The minimum atomic E-state index is -0.466. The van der Waals surface area contributed by atoms with E-state index in [1.54, 1.807) is 6.92 Å². The molecular formula is C31H48O6. The quantitative estimate of drug-likeness (QED) is 0.425. The molecular weight excluding hydrogens is 468 g/mol. The summed E-state index contributed by atoms with van der Waals surface area (Å²) in [4.78, 5) is 24.1. The second-order valence-corrected chi connectivity index (χ2v) is 14.3. The van der Waals surface area contributed by atoms with Crippen molar-refractivity contribution in [2.75, 3.05) is 6.61 Å². The summed E-state index contributed by atoms with van der Waals surface area (Å²) in [6.07, 6.45) is 9.70. The zero-order valence-electron chi connectivity index (χ0n) is 23.8. The van der Waals surface area contributed by atoms with E-state index >= 15 is 0 Å². The fourth-order valence-electron chi connectivity index (χ4n) is 10.9. The van der Waals surface area contributed by atoms with Crippen molar-refractivity contribution in [3.63, 3.8) is 0 Å². The van der Waals surface area contributed by atoms with Gasteiger partial charge in [-0.15, -0.1) is 0 Å². The first kappa shape index (κ1) is 26.1. The molecule has 7 unspecified atom stereocenters. The monoisotopic (exact) mass is 516 g/mol. The Balaban J connectivity index is 1.30. The van der Waals surface area contributed by atoms with Gasteiger partial charge in [0, 0.05) is 37.5 Å². The van der Waals surface area contributed by atoms with Gasteiger partial charge in [-0.05, 0) is 86.4 Å². The summed E-state index contributed by atoms with van der Waals surface area (Å²) in [6.45, 7) is 13.4. The Morgan fingerprint density at radius 1 is 0.865 bits per heavy atom. The molecule has 0 aromatic carbocycles. The smallest absolute Gasteiger partial charge is 0.302 e. The maximum Gasteiger partial charge on any atom is 0.302 e. The van der Waals surface area contributed by atoms with E-state index in [0.29, 0.717) is 41.4 Å². The number of carbonyl (C=O) groups is 2. The molecule has 4 aliphatic carbocycles. The fourth-order valence-corrected chi connectivity index (χ4v) is 10.9. The number of hydrogen-bond donors (Lipinski definition) is 0. The van der Waals surface area contributed by atoms with Crippen LogP contribution in [0.4, 0.5) is 0 Å². The van der Waals surface area contributed by atoms with Gasteiger partial charge < -0.3 is 18.9 Å². The SMILES string of the molecule is CC(=O)O[C@@H]1CC[C@]2(C)C3C[C@H](OC(C)=O)[C@@]4(C)C(CC5OC6(CCC(C)CO6)[C@@H](C)C54)C3CC[C@@H]2C1. The van der Waals surface area contributed by atoms with Crippen LogP contribution < -0.4 is 0 Å². The normalized spacial score (nSPS) is 54.5. The Labute approximate surface area is 222 Å². The van der Waals surface area contributed by atoms with Gasteiger partial charge in [0.2, 0.25) is 0 Å². The first-order valence-corrected chi connectivity index (χ1v) is 15.1. The van der Waals surface area contributed by atoms with Crippen LogP contribution in [0.25, 0.3) is 0 Å². The lowest BCUT2D eigenvalue weighted by atomic mass is 9.43. The lowest BCUT2D eigenvalue weighted by molar-refractivity contribution is -0.274. The molecule has 0 bridgehead atoms. The van der Waals surface area contributed by atoms with Gasteiger partial charge in [-0.3, -0.25) is 9.59 Å². The second kappa shape index (κ2) is 8.94. The molecule has 6 fully saturated rings. The molecule has 0 amide bonds. The minimum absolute atomic E-state index is 0.0553. The highest BCUT2D eigenvalue weighted by Gasteiger charge is 2.72. The number of esters is 2. The maximum atomic E-state index is 12.5. The predicted octanol–water partition coefficient (Wildman–Crippen LogP) is 5.91. The van der Waals surface area contributed by atoms with Gasteiger partial charge >= 0.3 is 11.9 Å². The zero-order chi connectivity index (χ0) is 26.3. The number of carbonyl (C=O) groups excluding carboxylic acids is 2. The van der Waals surface area contributed by atoms with E-state index in [-0.39, 0.29) is 41.1 Å². The molecule has 2 saturated heterocycles. The summed E-state index contributed by atoms with van der Waals surface area (Å²) < 4.78 is 25.4. The molecule has 2 aliphatic heterocycles. The molecule has 6 nitrogen and oxygen atoms in total.